The van der Waals surface area contributed by atoms with Gasteiger partial charge in [-0.1, -0.05) is 30.3 Å². The van der Waals surface area contributed by atoms with Gasteiger partial charge in [0.15, 0.2) is 5.82 Å². The number of hydrogen-bond donors (Lipinski definition) is 1. The molecule has 130 valence electrons. The average Bonchev–Trinajstić information content (AvgIpc) is 3.12. The highest BCUT2D eigenvalue weighted by molar-refractivity contribution is 5.96. The van der Waals surface area contributed by atoms with Crippen molar-refractivity contribution in [2.45, 2.75) is 6.42 Å². The predicted molar refractivity (Wildman–Crippen MR) is 98.0 cm³/mol. The van der Waals surface area contributed by atoms with E-state index < -0.39 is 5.97 Å². The summed E-state index contributed by atoms with van der Waals surface area (Å²) in [6.07, 6.45) is 2.47. The molecule has 0 aliphatic carbocycles. The van der Waals surface area contributed by atoms with E-state index in [1.807, 2.05) is 23.1 Å². The van der Waals surface area contributed by atoms with Crippen molar-refractivity contribution in [3.63, 3.8) is 0 Å². The van der Waals surface area contributed by atoms with Crippen LogP contribution in [0.3, 0.4) is 0 Å². The van der Waals surface area contributed by atoms with Gasteiger partial charge >= 0.3 is 5.97 Å². The van der Waals surface area contributed by atoms with Crippen LogP contribution in [0.5, 0.6) is 0 Å². The van der Waals surface area contributed by atoms with Crippen molar-refractivity contribution in [3.8, 4) is 0 Å². The fourth-order valence-corrected chi connectivity index (χ4v) is 3.03. The predicted octanol–water partition coefficient (Wildman–Crippen LogP) is 3.10. The molecule has 1 aliphatic rings. The Bertz CT molecular complexity index is 960. The van der Waals surface area contributed by atoms with Crippen LogP contribution in [0, 0.1) is 0 Å². The molecule has 1 aliphatic heterocycles. The number of fused-ring (bicyclic) bond motifs is 1. The molecular weight excluding hydrogens is 330 g/mol. The number of anilines is 4. The van der Waals surface area contributed by atoms with Gasteiger partial charge in [-0.2, -0.15) is 10.1 Å². The third-order valence-corrected chi connectivity index (χ3v) is 4.27. The summed E-state index contributed by atoms with van der Waals surface area (Å²) in [7, 11) is 1.36. The lowest BCUT2D eigenvalue weighted by molar-refractivity contribution is 0.0602. The Labute approximate surface area is 150 Å². The lowest BCUT2D eigenvalue weighted by atomic mass is 10.2. The van der Waals surface area contributed by atoms with E-state index in [0.717, 1.165) is 18.7 Å². The van der Waals surface area contributed by atoms with Gasteiger partial charge in [0.2, 0.25) is 0 Å². The SMILES string of the molecule is COC(=O)c1ccccc1Nc1cnnc(N2CCc3ccccc32)n1. The van der Waals surface area contributed by atoms with Crippen molar-refractivity contribution in [2.24, 2.45) is 0 Å². The Morgan fingerprint density at radius 1 is 1.15 bits per heavy atom. The first-order valence-electron chi connectivity index (χ1n) is 8.26. The van der Waals surface area contributed by atoms with Crippen LogP contribution in [0.1, 0.15) is 15.9 Å². The zero-order valence-corrected chi connectivity index (χ0v) is 14.2. The fraction of sp³-hybridized carbons (Fsp3) is 0.158. The summed E-state index contributed by atoms with van der Waals surface area (Å²) in [6, 6.07) is 15.3. The molecule has 2 heterocycles. The molecule has 3 aromatic rings. The summed E-state index contributed by atoms with van der Waals surface area (Å²) < 4.78 is 4.82. The van der Waals surface area contributed by atoms with E-state index in [2.05, 4.69) is 32.6 Å². The zero-order chi connectivity index (χ0) is 17.9. The second-order valence-electron chi connectivity index (χ2n) is 5.83. The first-order valence-corrected chi connectivity index (χ1v) is 8.26. The number of hydrogen-bond acceptors (Lipinski definition) is 7. The largest absolute Gasteiger partial charge is 0.465 e. The molecule has 2 aromatic carbocycles. The van der Waals surface area contributed by atoms with Gasteiger partial charge in [-0.25, -0.2) is 4.79 Å². The maximum Gasteiger partial charge on any atom is 0.339 e. The second-order valence-corrected chi connectivity index (χ2v) is 5.83. The van der Waals surface area contributed by atoms with Crippen molar-refractivity contribution in [3.05, 3.63) is 65.9 Å². The van der Waals surface area contributed by atoms with Crippen LogP contribution >= 0.6 is 0 Å². The molecule has 26 heavy (non-hydrogen) atoms. The topological polar surface area (TPSA) is 80.2 Å². The summed E-state index contributed by atoms with van der Waals surface area (Å²) in [4.78, 5) is 18.5. The fourth-order valence-electron chi connectivity index (χ4n) is 3.03. The molecule has 0 spiro atoms. The standard InChI is InChI=1S/C19H17N5O2/c1-26-18(25)14-7-3-4-8-15(14)21-17-12-20-23-19(22-17)24-11-10-13-6-2-5-9-16(13)24/h2-9,12H,10-11H2,1H3,(H,21,22,23). The number of nitrogens with zero attached hydrogens (tertiary/aromatic N) is 4. The van der Waals surface area contributed by atoms with Crippen molar-refractivity contribution < 1.29 is 9.53 Å². The lowest BCUT2D eigenvalue weighted by Crippen LogP contribution is -2.17. The van der Waals surface area contributed by atoms with E-state index in [1.54, 1.807) is 18.2 Å². The Morgan fingerprint density at radius 3 is 2.85 bits per heavy atom. The van der Waals surface area contributed by atoms with Gasteiger partial charge in [0.1, 0.15) is 0 Å². The minimum absolute atomic E-state index is 0.413. The molecule has 0 amide bonds. The number of carbonyl (C=O) groups excluding carboxylic acids is 1. The first-order chi connectivity index (χ1) is 12.8. The highest BCUT2D eigenvalue weighted by Crippen LogP contribution is 2.32. The highest BCUT2D eigenvalue weighted by Gasteiger charge is 2.22. The number of benzene rings is 2. The molecule has 0 bridgehead atoms. The minimum Gasteiger partial charge on any atom is -0.465 e. The highest BCUT2D eigenvalue weighted by atomic mass is 16.5. The number of nitrogens with one attached hydrogen (secondary N) is 1. The quantitative estimate of drug-likeness (QED) is 0.726. The third kappa shape index (κ3) is 2.95. The van der Waals surface area contributed by atoms with Crippen LogP contribution in [0.15, 0.2) is 54.7 Å². The van der Waals surface area contributed by atoms with Crippen LogP contribution in [0.25, 0.3) is 0 Å². The molecular formula is C19H17N5O2. The van der Waals surface area contributed by atoms with E-state index in [-0.39, 0.29) is 0 Å². The van der Waals surface area contributed by atoms with E-state index in [1.165, 1.54) is 18.9 Å². The molecule has 0 saturated carbocycles. The maximum atomic E-state index is 11.9. The number of esters is 1. The molecule has 0 atom stereocenters. The number of rotatable bonds is 4. The number of carbonyl (C=O) groups is 1. The van der Waals surface area contributed by atoms with Crippen molar-refractivity contribution in [2.75, 3.05) is 23.9 Å². The average molecular weight is 347 g/mol. The summed E-state index contributed by atoms with van der Waals surface area (Å²) in [5.41, 5.74) is 3.40. The molecule has 0 saturated heterocycles. The number of ether oxygens (including phenoxy) is 1. The molecule has 0 unspecified atom stereocenters. The maximum absolute atomic E-state index is 11.9. The Balaban J connectivity index is 1.63. The molecule has 7 heteroatoms. The molecule has 4 rings (SSSR count). The second kappa shape index (κ2) is 6.79. The van der Waals surface area contributed by atoms with E-state index in [4.69, 9.17) is 4.74 Å². The summed E-state index contributed by atoms with van der Waals surface area (Å²) in [5.74, 6) is 0.620. The Kier molecular flexibility index (Phi) is 4.18. The van der Waals surface area contributed by atoms with Crippen molar-refractivity contribution in [1.82, 2.24) is 15.2 Å². The smallest absolute Gasteiger partial charge is 0.339 e. The van der Waals surface area contributed by atoms with Crippen LogP contribution in [0.2, 0.25) is 0 Å². The van der Waals surface area contributed by atoms with Gasteiger partial charge in [0, 0.05) is 12.2 Å². The first kappa shape index (κ1) is 16.0. The van der Waals surface area contributed by atoms with Gasteiger partial charge in [0.05, 0.1) is 24.6 Å². The van der Waals surface area contributed by atoms with E-state index in [9.17, 15) is 4.79 Å². The van der Waals surface area contributed by atoms with Crippen LogP contribution in [0.4, 0.5) is 23.1 Å². The van der Waals surface area contributed by atoms with Gasteiger partial charge in [-0.05, 0) is 30.2 Å². The normalized spacial score (nSPS) is 12.6. The number of para-hydroxylation sites is 2. The summed E-state index contributed by atoms with van der Waals surface area (Å²) in [5, 5.41) is 11.4. The zero-order valence-electron chi connectivity index (χ0n) is 14.2. The summed E-state index contributed by atoms with van der Waals surface area (Å²) in [6.45, 7) is 0.809. The van der Waals surface area contributed by atoms with Gasteiger partial charge < -0.3 is 15.0 Å². The van der Waals surface area contributed by atoms with Crippen molar-refractivity contribution in [1.29, 1.82) is 0 Å². The number of aromatic nitrogens is 3. The monoisotopic (exact) mass is 347 g/mol. The Morgan fingerprint density at radius 2 is 1.96 bits per heavy atom. The molecule has 0 fully saturated rings. The van der Waals surface area contributed by atoms with Crippen LogP contribution in [-0.4, -0.2) is 34.8 Å². The molecule has 1 N–H and O–H groups in total. The molecule has 1 aromatic heterocycles. The third-order valence-electron chi connectivity index (χ3n) is 4.27. The number of methoxy groups -OCH3 is 1. The van der Waals surface area contributed by atoms with Crippen LogP contribution < -0.4 is 10.2 Å². The van der Waals surface area contributed by atoms with Gasteiger partial charge in [-0.3, -0.25) is 0 Å². The van der Waals surface area contributed by atoms with Gasteiger partial charge in [0.25, 0.3) is 5.95 Å². The lowest BCUT2D eigenvalue weighted by Gasteiger charge is -2.17. The van der Waals surface area contributed by atoms with Crippen molar-refractivity contribution >= 4 is 29.1 Å². The molecule has 0 radical (unpaired) electrons. The van der Waals surface area contributed by atoms with E-state index in [0.29, 0.717) is 23.0 Å². The van der Waals surface area contributed by atoms with Crippen LogP contribution in [-0.2, 0) is 11.2 Å². The van der Waals surface area contributed by atoms with Gasteiger partial charge in [-0.15, -0.1) is 5.10 Å². The summed E-state index contributed by atoms with van der Waals surface area (Å²) >= 11 is 0. The van der Waals surface area contributed by atoms with E-state index >= 15 is 0 Å². The molecule has 7 nitrogen and oxygen atoms in total. The Hall–Kier alpha value is -3.48. The minimum atomic E-state index is -0.413.